The summed E-state index contributed by atoms with van der Waals surface area (Å²) in [5, 5.41) is 0. The van der Waals surface area contributed by atoms with E-state index < -0.39 is 0 Å². The Morgan fingerprint density at radius 1 is 0.769 bits per heavy atom. The van der Waals surface area contributed by atoms with E-state index in [1.54, 1.807) is 0 Å². The molecule has 2 aliphatic carbocycles. The van der Waals surface area contributed by atoms with Crippen molar-refractivity contribution < 1.29 is 0 Å². The highest BCUT2D eigenvalue weighted by Gasteiger charge is 2.11. The van der Waals surface area contributed by atoms with Crippen molar-refractivity contribution in [2.24, 2.45) is 0 Å². The van der Waals surface area contributed by atoms with Gasteiger partial charge in [-0.05, 0) is 24.2 Å². The van der Waals surface area contributed by atoms with Crippen molar-refractivity contribution in [1.29, 1.82) is 0 Å². The van der Waals surface area contributed by atoms with Crippen molar-refractivity contribution >= 4 is 8.58 Å². The Morgan fingerprint density at radius 3 is 1.69 bits per heavy atom. The molecular formula is C12H15P. The minimum atomic E-state index is 0.797. The standard InChI is InChI=1S/C12H15P/c1-3-7-11(8-4-1)13-12-9-5-2-6-10-12/h1-7,9,11-13H,8,10H2. The molecule has 0 N–H and O–H groups in total. The van der Waals surface area contributed by atoms with Crippen LogP contribution in [0.4, 0.5) is 0 Å². The summed E-state index contributed by atoms with van der Waals surface area (Å²) in [6.07, 6.45) is 20.4. The number of allylic oxidation sites excluding steroid dienone is 8. The van der Waals surface area contributed by atoms with Gasteiger partial charge in [-0.15, -0.1) is 8.58 Å². The molecule has 2 unspecified atom stereocenters. The molecule has 2 atom stereocenters. The number of hydrogen-bond donors (Lipinski definition) is 0. The van der Waals surface area contributed by atoms with Crippen LogP contribution < -0.4 is 0 Å². The minimum absolute atomic E-state index is 0.797. The van der Waals surface area contributed by atoms with Gasteiger partial charge in [-0.3, -0.25) is 0 Å². The average Bonchev–Trinajstić information content (AvgIpc) is 2.21. The summed E-state index contributed by atoms with van der Waals surface area (Å²) >= 11 is 0. The molecule has 0 amide bonds. The van der Waals surface area contributed by atoms with Crippen LogP contribution in [0.25, 0.3) is 0 Å². The SMILES string of the molecule is C1=CCC(PC2C=CC=CC2)C=C1. The molecule has 1 heteroatoms. The summed E-state index contributed by atoms with van der Waals surface area (Å²) in [5.74, 6) is 0. The predicted molar refractivity (Wildman–Crippen MR) is 61.7 cm³/mol. The van der Waals surface area contributed by atoms with Gasteiger partial charge in [0.05, 0.1) is 0 Å². The molecule has 13 heavy (non-hydrogen) atoms. The van der Waals surface area contributed by atoms with E-state index in [2.05, 4.69) is 48.6 Å². The van der Waals surface area contributed by atoms with Crippen LogP contribution in [0.2, 0.25) is 0 Å². The minimum Gasteiger partial charge on any atom is -0.107 e. The van der Waals surface area contributed by atoms with E-state index in [1.165, 1.54) is 12.8 Å². The lowest BCUT2D eigenvalue weighted by Crippen LogP contribution is -2.05. The van der Waals surface area contributed by atoms with E-state index in [1.807, 2.05) is 0 Å². The van der Waals surface area contributed by atoms with Gasteiger partial charge in [0.2, 0.25) is 0 Å². The fourth-order valence-corrected chi connectivity index (χ4v) is 3.22. The molecular weight excluding hydrogens is 175 g/mol. The first-order valence-corrected chi connectivity index (χ1v) is 6.03. The van der Waals surface area contributed by atoms with Crippen LogP contribution in [0.1, 0.15) is 12.8 Å². The maximum atomic E-state index is 2.35. The Balaban J connectivity index is 1.84. The van der Waals surface area contributed by atoms with Crippen LogP contribution in [0.15, 0.2) is 48.6 Å². The smallest absolute Gasteiger partial charge is 0.00141 e. The molecule has 0 heterocycles. The maximum Gasteiger partial charge on any atom is -0.00141 e. The first-order chi connectivity index (χ1) is 6.45. The Kier molecular flexibility index (Phi) is 3.16. The van der Waals surface area contributed by atoms with Crippen LogP contribution in [0, 0.1) is 0 Å². The Labute approximate surface area is 81.9 Å². The molecule has 0 aromatic rings. The molecule has 0 aromatic carbocycles. The molecule has 0 bridgehead atoms. The average molecular weight is 190 g/mol. The molecule has 0 saturated heterocycles. The third-order valence-electron chi connectivity index (χ3n) is 2.39. The summed E-state index contributed by atoms with van der Waals surface area (Å²) in [6.45, 7) is 0. The van der Waals surface area contributed by atoms with Gasteiger partial charge >= 0.3 is 0 Å². The van der Waals surface area contributed by atoms with Gasteiger partial charge in [0, 0.05) is 0 Å². The lowest BCUT2D eigenvalue weighted by molar-refractivity contribution is 0.992. The van der Waals surface area contributed by atoms with E-state index in [0.29, 0.717) is 0 Å². The third kappa shape index (κ3) is 2.67. The quantitative estimate of drug-likeness (QED) is 0.585. The van der Waals surface area contributed by atoms with Crippen LogP contribution in [-0.2, 0) is 0 Å². The van der Waals surface area contributed by atoms with Crippen molar-refractivity contribution in [2.45, 2.75) is 24.2 Å². The Bertz CT molecular complexity index is 243. The zero-order valence-corrected chi connectivity index (χ0v) is 8.69. The van der Waals surface area contributed by atoms with Crippen LogP contribution in [0.5, 0.6) is 0 Å². The molecule has 0 spiro atoms. The summed E-state index contributed by atoms with van der Waals surface area (Å²) in [7, 11) is 1.05. The largest absolute Gasteiger partial charge is 0.107 e. The van der Waals surface area contributed by atoms with E-state index in [4.69, 9.17) is 0 Å². The predicted octanol–water partition coefficient (Wildman–Crippen LogP) is 3.43. The zero-order valence-electron chi connectivity index (χ0n) is 7.69. The number of rotatable bonds is 2. The van der Waals surface area contributed by atoms with E-state index in [0.717, 1.165) is 19.9 Å². The van der Waals surface area contributed by atoms with Crippen molar-refractivity contribution in [2.75, 3.05) is 0 Å². The summed E-state index contributed by atoms with van der Waals surface area (Å²) in [6, 6.07) is 0. The van der Waals surface area contributed by atoms with Crippen molar-refractivity contribution in [3.63, 3.8) is 0 Å². The van der Waals surface area contributed by atoms with Crippen LogP contribution in [-0.4, -0.2) is 11.3 Å². The number of hydrogen-bond acceptors (Lipinski definition) is 0. The second kappa shape index (κ2) is 4.58. The van der Waals surface area contributed by atoms with Crippen LogP contribution >= 0.6 is 8.58 Å². The highest BCUT2D eigenvalue weighted by atomic mass is 31.1. The lowest BCUT2D eigenvalue weighted by Gasteiger charge is -2.19. The normalized spacial score (nSPS) is 32.0. The topological polar surface area (TPSA) is 0 Å². The third-order valence-corrected chi connectivity index (χ3v) is 4.10. The highest BCUT2D eigenvalue weighted by Crippen LogP contribution is 2.34. The van der Waals surface area contributed by atoms with Gasteiger partial charge in [0.1, 0.15) is 0 Å². The summed E-state index contributed by atoms with van der Waals surface area (Å²) in [5.41, 5.74) is 1.59. The highest BCUT2D eigenvalue weighted by molar-refractivity contribution is 7.40. The fourth-order valence-electron chi connectivity index (χ4n) is 1.68. The van der Waals surface area contributed by atoms with E-state index in [-0.39, 0.29) is 0 Å². The molecule has 0 saturated carbocycles. The molecule has 0 nitrogen and oxygen atoms in total. The van der Waals surface area contributed by atoms with Crippen LogP contribution in [0.3, 0.4) is 0 Å². The summed E-state index contributed by atoms with van der Waals surface area (Å²) in [4.78, 5) is 0. The second-order valence-corrected chi connectivity index (χ2v) is 5.29. The van der Waals surface area contributed by atoms with Gasteiger partial charge in [-0.2, -0.15) is 0 Å². The van der Waals surface area contributed by atoms with Crippen molar-refractivity contribution in [1.82, 2.24) is 0 Å². The van der Waals surface area contributed by atoms with Crippen molar-refractivity contribution in [3.05, 3.63) is 48.6 Å². The molecule has 68 valence electrons. The molecule has 2 aliphatic rings. The van der Waals surface area contributed by atoms with Gasteiger partial charge < -0.3 is 0 Å². The first kappa shape index (κ1) is 8.97. The molecule has 2 rings (SSSR count). The second-order valence-electron chi connectivity index (χ2n) is 3.48. The Hall–Kier alpha value is -0.610. The fraction of sp³-hybridized carbons (Fsp3) is 0.333. The molecule has 0 fully saturated rings. The van der Waals surface area contributed by atoms with Gasteiger partial charge in [0.15, 0.2) is 0 Å². The monoisotopic (exact) mass is 190 g/mol. The van der Waals surface area contributed by atoms with Crippen molar-refractivity contribution in [3.8, 4) is 0 Å². The van der Waals surface area contributed by atoms with Gasteiger partial charge in [-0.1, -0.05) is 48.6 Å². The van der Waals surface area contributed by atoms with E-state index >= 15 is 0 Å². The zero-order chi connectivity index (χ0) is 8.93. The lowest BCUT2D eigenvalue weighted by atomic mass is 10.2. The van der Waals surface area contributed by atoms with Gasteiger partial charge in [0.25, 0.3) is 0 Å². The first-order valence-electron chi connectivity index (χ1n) is 4.88. The Morgan fingerprint density at radius 2 is 1.31 bits per heavy atom. The summed E-state index contributed by atoms with van der Waals surface area (Å²) < 4.78 is 0. The maximum absolute atomic E-state index is 2.35. The van der Waals surface area contributed by atoms with Gasteiger partial charge in [-0.25, -0.2) is 0 Å². The molecule has 0 radical (unpaired) electrons. The van der Waals surface area contributed by atoms with E-state index in [9.17, 15) is 0 Å². The molecule has 0 aromatic heterocycles. The molecule has 0 aliphatic heterocycles.